The van der Waals surface area contributed by atoms with Gasteiger partial charge in [-0.25, -0.2) is 0 Å². The maximum absolute atomic E-state index is 12.5. The summed E-state index contributed by atoms with van der Waals surface area (Å²) in [6, 6.07) is 0.222. The first-order valence-electron chi connectivity index (χ1n) is 6.54. The first kappa shape index (κ1) is 13.6. The molecule has 0 aliphatic carbocycles. The van der Waals surface area contributed by atoms with Crippen LogP contribution in [0.4, 0.5) is 5.69 Å². The Morgan fingerprint density at radius 2 is 2.16 bits per heavy atom. The van der Waals surface area contributed by atoms with E-state index in [1.54, 1.807) is 24.0 Å². The van der Waals surface area contributed by atoms with Crippen LogP contribution in [0.25, 0.3) is 0 Å². The molecule has 2 heterocycles. The third-order valence-corrected chi connectivity index (χ3v) is 3.57. The van der Waals surface area contributed by atoms with E-state index in [0.29, 0.717) is 12.1 Å². The number of piperazine rings is 1. The van der Waals surface area contributed by atoms with Crippen LogP contribution in [-0.4, -0.2) is 33.7 Å². The second-order valence-electron chi connectivity index (χ2n) is 5.40. The Balaban J connectivity index is 2.32. The van der Waals surface area contributed by atoms with Crippen molar-refractivity contribution < 1.29 is 9.59 Å². The van der Waals surface area contributed by atoms with E-state index in [9.17, 15) is 9.59 Å². The fourth-order valence-electron chi connectivity index (χ4n) is 2.11. The zero-order chi connectivity index (χ0) is 14.2. The van der Waals surface area contributed by atoms with Gasteiger partial charge in [0.1, 0.15) is 12.1 Å². The predicted molar refractivity (Wildman–Crippen MR) is 71.8 cm³/mol. The quantitative estimate of drug-likeness (QED) is 0.888. The maximum atomic E-state index is 12.5. The summed E-state index contributed by atoms with van der Waals surface area (Å²) in [7, 11) is 0. The molecule has 2 rings (SSSR count). The molecule has 1 aliphatic rings. The van der Waals surface area contributed by atoms with Crippen LogP contribution in [-0.2, 0) is 9.59 Å². The monoisotopic (exact) mass is 264 g/mol. The Morgan fingerprint density at radius 3 is 2.68 bits per heavy atom. The van der Waals surface area contributed by atoms with Gasteiger partial charge in [0.15, 0.2) is 0 Å². The number of nitrogens with zero attached hydrogens (tertiary/aromatic N) is 3. The van der Waals surface area contributed by atoms with Gasteiger partial charge in [-0.15, -0.1) is 0 Å². The summed E-state index contributed by atoms with van der Waals surface area (Å²) < 4.78 is 1.78. The Morgan fingerprint density at radius 1 is 1.47 bits per heavy atom. The Bertz CT molecular complexity index is 508. The molecule has 2 amide bonds. The first-order chi connectivity index (χ1) is 8.87. The molecular weight excluding hydrogens is 244 g/mol. The summed E-state index contributed by atoms with van der Waals surface area (Å²) in [4.78, 5) is 25.8. The molecule has 0 saturated carbocycles. The van der Waals surface area contributed by atoms with E-state index in [4.69, 9.17) is 0 Å². The Labute approximate surface area is 112 Å². The molecular formula is C13H20N4O2. The van der Waals surface area contributed by atoms with Gasteiger partial charge in [0.05, 0.1) is 11.9 Å². The number of anilines is 1. The highest BCUT2D eigenvalue weighted by molar-refractivity contribution is 6.08. The number of hydrogen-bond acceptors (Lipinski definition) is 3. The largest absolute Gasteiger partial charge is 0.340 e. The molecule has 6 heteroatoms. The number of hydrogen-bond donors (Lipinski definition) is 1. The molecule has 1 aliphatic heterocycles. The summed E-state index contributed by atoms with van der Waals surface area (Å²) in [6.07, 6.45) is 4.00. The number of rotatable bonds is 3. The smallest absolute Gasteiger partial charge is 0.253 e. The predicted octanol–water partition coefficient (Wildman–Crippen LogP) is 1.10. The van der Waals surface area contributed by atoms with E-state index >= 15 is 0 Å². The lowest BCUT2D eigenvalue weighted by atomic mass is 9.94. The third-order valence-electron chi connectivity index (χ3n) is 3.57. The molecule has 1 atom stereocenters. The van der Waals surface area contributed by atoms with E-state index in [0.717, 1.165) is 0 Å². The molecule has 1 aromatic heterocycles. The van der Waals surface area contributed by atoms with Crippen molar-refractivity contribution in [2.45, 2.75) is 45.7 Å². The summed E-state index contributed by atoms with van der Waals surface area (Å²) >= 11 is 0. The third kappa shape index (κ3) is 2.34. The minimum atomic E-state index is -0.824. The summed E-state index contributed by atoms with van der Waals surface area (Å²) in [5.41, 5.74) is -0.150. The zero-order valence-electron chi connectivity index (χ0n) is 11.8. The van der Waals surface area contributed by atoms with Crippen molar-refractivity contribution in [1.29, 1.82) is 0 Å². The molecule has 19 heavy (non-hydrogen) atoms. The normalized spacial score (nSPS) is 23.9. The van der Waals surface area contributed by atoms with Crippen molar-refractivity contribution in [2.75, 3.05) is 11.4 Å². The van der Waals surface area contributed by atoms with Gasteiger partial charge in [-0.1, -0.05) is 6.92 Å². The van der Waals surface area contributed by atoms with Crippen molar-refractivity contribution in [2.24, 2.45) is 0 Å². The number of carbonyl (C=O) groups excluding carboxylic acids is 2. The summed E-state index contributed by atoms with van der Waals surface area (Å²) in [5, 5.41) is 6.98. The molecule has 1 fully saturated rings. The molecule has 104 valence electrons. The second kappa shape index (κ2) is 4.68. The van der Waals surface area contributed by atoms with Crippen molar-refractivity contribution in [1.82, 2.24) is 15.1 Å². The number of nitrogens with one attached hydrogen (secondary N) is 1. The highest BCUT2D eigenvalue weighted by Gasteiger charge is 2.42. The number of amides is 2. The minimum Gasteiger partial charge on any atom is -0.340 e. The first-order valence-corrected chi connectivity index (χ1v) is 6.54. The number of carbonyl (C=O) groups is 2. The van der Waals surface area contributed by atoms with Gasteiger partial charge < -0.3 is 5.32 Å². The van der Waals surface area contributed by atoms with Crippen LogP contribution < -0.4 is 10.2 Å². The fraction of sp³-hybridized carbons (Fsp3) is 0.615. The van der Waals surface area contributed by atoms with Crippen LogP contribution in [0.3, 0.4) is 0 Å². The van der Waals surface area contributed by atoms with Crippen LogP contribution in [0, 0.1) is 0 Å². The van der Waals surface area contributed by atoms with Crippen molar-refractivity contribution >= 4 is 17.5 Å². The van der Waals surface area contributed by atoms with Gasteiger partial charge in [0.25, 0.3) is 5.91 Å². The summed E-state index contributed by atoms with van der Waals surface area (Å²) in [5.74, 6) is -0.223. The number of aromatic nitrogens is 2. The highest BCUT2D eigenvalue weighted by Crippen LogP contribution is 2.24. The standard InChI is InChI=1S/C13H20N4O2/c1-5-13(4)12(19)16(8-11(18)15-13)10-6-14-17(7-10)9(2)3/h6-7,9H,5,8H2,1-4H3,(H,15,18). The molecule has 0 bridgehead atoms. The molecule has 0 aromatic carbocycles. The van der Waals surface area contributed by atoms with E-state index < -0.39 is 5.54 Å². The average Bonchev–Trinajstić information content (AvgIpc) is 2.83. The second-order valence-corrected chi connectivity index (χ2v) is 5.40. The van der Waals surface area contributed by atoms with Gasteiger partial charge in [-0.3, -0.25) is 19.2 Å². The van der Waals surface area contributed by atoms with Gasteiger partial charge in [0.2, 0.25) is 5.91 Å². The molecule has 0 radical (unpaired) electrons. The van der Waals surface area contributed by atoms with E-state index in [2.05, 4.69) is 10.4 Å². The van der Waals surface area contributed by atoms with Crippen LogP contribution in [0.1, 0.15) is 40.2 Å². The zero-order valence-corrected chi connectivity index (χ0v) is 11.8. The van der Waals surface area contributed by atoms with Gasteiger partial charge in [-0.05, 0) is 27.2 Å². The van der Waals surface area contributed by atoms with E-state index in [1.165, 1.54) is 4.90 Å². The molecule has 0 spiro atoms. The van der Waals surface area contributed by atoms with Crippen molar-refractivity contribution in [3.05, 3.63) is 12.4 Å². The minimum absolute atomic E-state index is 0.0538. The van der Waals surface area contributed by atoms with Crippen LogP contribution >= 0.6 is 0 Å². The van der Waals surface area contributed by atoms with E-state index in [1.807, 2.05) is 20.8 Å². The fourth-order valence-corrected chi connectivity index (χ4v) is 2.11. The maximum Gasteiger partial charge on any atom is 0.253 e. The Kier molecular flexibility index (Phi) is 3.34. The molecule has 6 nitrogen and oxygen atoms in total. The average molecular weight is 264 g/mol. The van der Waals surface area contributed by atoms with Crippen LogP contribution in [0.2, 0.25) is 0 Å². The van der Waals surface area contributed by atoms with Crippen LogP contribution in [0.5, 0.6) is 0 Å². The van der Waals surface area contributed by atoms with Gasteiger partial charge in [0, 0.05) is 12.2 Å². The molecule has 1 aromatic rings. The van der Waals surface area contributed by atoms with Crippen molar-refractivity contribution in [3.63, 3.8) is 0 Å². The molecule has 1 saturated heterocycles. The highest BCUT2D eigenvalue weighted by atomic mass is 16.2. The SMILES string of the molecule is CCC1(C)NC(=O)CN(c2cnn(C(C)C)c2)C1=O. The van der Waals surface area contributed by atoms with Crippen molar-refractivity contribution in [3.8, 4) is 0 Å². The lowest BCUT2D eigenvalue weighted by Gasteiger charge is -2.38. The lowest BCUT2D eigenvalue weighted by Crippen LogP contribution is -2.65. The van der Waals surface area contributed by atoms with Gasteiger partial charge in [-0.2, -0.15) is 5.10 Å². The Hall–Kier alpha value is -1.85. The van der Waals surface area contributed by atoms with Crippen LogP contribution in [0.15, 0.2) is 12.4 Å². The molecule has 1 unspecified atom stereocenters. The lowest BCUT2D eigenvalue weighted by molar-refractivity contribution is -0.135. The van der Waals surface area contributed by atoms with Gasteiger partial charge >= 0.3 is 0 Å². The topological polar surface area (TPSA) is 67.2 Å². The summed E-state index contributed by atoms with van der Waals surface area (Å²) in [6.45, 7) is 7.72. The van der Waals surface area contributed by atoms with E-state index in [-0.39, 0.29) is 24.4 Å². The molecule has 1 N–H and O–H groups in total.